The minimum absolute atomic E-state index is 0.173. The first kappa shape index (κ1) is 24.5. The summed E-state index contributed by atoms with van der Waals surface area (Å²) in [6, 6.07) is 32.2. The van der Waals surface area contributed by atoms with Gasteiger partial charge < -0.3 is 5.32 Å². The van der Waals surface area contributed by atoms with Crippen LogP contribution in [0.25, 0.3) is 54.1 Å². The molecule has 0 spiro atoms. The lowest BCUT2D eigenvalue weighted by atomic mass is 9.90. The monoisotopic (exact) mass is 559 g/mol. The lowest BCUT2D eigenvalue weighted by molar-refractivity contribution is -0.134. The van der Waals surface area contributed by atoms with E-state index in [0.717, 1.165) is 65.4 Å². The minimum Gasteiger partial charge on any atom is -0.319 e. The van der Waals surface area contributed by atoms with Gasteiger partial charge >= 0.3 is 0 Å². The van der Waals surface area contributed by atoms with E-state index in [4.69, 9.17) is 23.2 Å². The fraction of sp³-hybridized carbons (Fsp3) is 0.0303. The highest BCUT2D eigenvalue weighted by Crippen LogP contribution is 2.38. The number of aromatic nitrogens is 2. The molecule has 1 aromatic heterocycles. The zero-order valence-corrected chi connectivity index (χ0v) is 22.4. The molecule has 2 heterocycles. The third kappa shape index (κ3) is 3.86. The van der Waals surface area contributed by atoms with Gasteiger partial charge in [0.15, 0.2) is 10.3 Å². The average Bonchev–Trinajstić information content (AvgIpc) is 3.00. The smallest absolute Gasteiger partial charge is 0.292 e. The molecule has 1 aliphatic rings. The van der Waals surface area contributed by atoms with E-state index >= 15 is 0 Å². The number of rotatable bonds is 0. The second-order valence-electron chi connectivity index (χ2n) is 9.59. The lowest BCUT2D eigenvalue weighted by Crippen LogP contribution is -2.30. The SMILES string of the molecule is Clc1nc2c3ccccc3c3ccccc3c2nc1Cl.O=C1Cc2c(c3ccccc3c3ccccc23)NC1=O. The van der Waals surface area contributed by atoms with Gasteiger partial charge in [0.2, 0.25) is 5.78 Å². The Kier molecular flexibility index (Phi) is 5.84. The summed E-state index contributed by atoms with van der Waals surface area (Å²) in [4.78, 5) is 32.2. The van der Waals surface area contributed by atoms with Crippen LogP contribution in [0.5, 0.6) is 0 Å². The summed E-state index contributed by atoms with van der Waals surface area (Å²) in [7, 11) is 0. The number of nitrogens with zero attached hydrogens (tertiary/aromatic N) is 2. The first-order chi connectivity index (χ1) is 19.5. The number of benzene rings is 6. The van der Waals surface area contributed by atoms with Crippen molar-refractivity contribution >= 4 is 94.7 Å². The Balaban J connectivity index is 0.000000132. The van der Waals surface area contributed by atoms with E-state index in [9.17, 15) is 9.59 Å². The number of ketones is 1. The molecule has 0 fully saturated rings. The number of amides is 1. The number of nitrogens with one attached hydrogen (secondary N) is 1. The van der Waals surface area contributed by atoms with Gasteiger partial charge in [-0.05, 0) is 32.5 Å². The topological polar surface area (TPSA) is 72.0 Å². The van der Waals surface area contributed by atoms with Crippen LogP contribution in [-0.4, -0.2) is 21.7 Å². The Hall–Kier alpha value is -4.58. The molecule has 5 nitrogen and oxygen atoms in total. The summed E-state index contributed by atoms with van der Waals surface area (Å²) in [5, 5.41) is 11.8. The van der Waals surface area contributed by atoms with E-state index < -0.39 is 5.91 Å². The average molecular weight is 560 g/mol. The summed E-state index contributed by atoms with van der Waals surface area (Å²) in [6.45, 7) is 0. The van der Waals surface area contributed by atoms with Gasteiger partial charge in [0, 0.05) is 22.6 Å². The van der Waals surface area contributed by atoms with Crippen LogP contribution in [0, 0.1) is 0 Å². The Morgan fingerprint density at radius 3 is 1.40 bits per heavy atom. The second-order valence-corrected chi connectivity index (χ2v) is 10.3. The molecule has 40 heavy (non-hydrogen) atoms. The van der Waals surface area contributed by atoms with Crippen molar-refractivity contribution in [2.75, 3.05) is 5.32 Å². The zero-order chi connectivity index (χ0) is 27.4. The van der Waals surface area contributed by atoms with Crippen LogP contribution in [0.1, 0.15) is 5.56 Å². The predicted molar refractivity (Wildman–Crippen MR) is 163 cm³/mol. The van der Waals surface area contributed by atoms with Gasteiger partial charge in [0.05, 0.1) is 16.7 Å². The van der Waals surface area contributed by atoms with E-state index in [1.54, 1.807) is 0 Å². The molecule has 7 aromatic rings. The molecule has 0 atom stereocenters. The first-order valence-corrected chi connectivity index (χ1v) is 13.5. The summed E-state index contributed by atoms with van der Waals surface area (Å²) in [6.07, 6.45) is 0.173. The number of hydrogen-bond acceptors (Lipinski definition) is 4. The van der Waals surface area contributed by atoms with Crippen molar-refractivity contribution in [3.8, 4) is 0 Å². The maximum Gasteiger partial charge on any atom is 0.292 e. The fourth-order valence-corrected chi connectivity index (χ4v) is 5.84. The molecule has 0 saturated carbocycles. The van der Waals surface area contributed by atoms with E-state index in [0.29, 0.717) is 0 Å². The van der Waals surface area contributed by atoms with Gasteiger partial charge in [-0.1, -0.05) is 120 Å². The number of hydrogen-bond donors (Lipinski definition) is 1. The molecule has 7 heteroatoms. The van der Waals surface area contributed by atoms with E-state index in [-0.39, 0.29) is 22.5 Å². The molecule has 1 amide bonds. The van der Waals surface area contributed by atoms with Crippen molar-refractivity contribution in [3.63, 3.8) is 0 Å². The van der Waals surface area contributed by atoms with Crippen molar-refractivity contribution in [2.45, 2.75) is 6.42 Å². The van der Waals surface area contributed by atoms with Gasteiger partial charge in [-0.15, -0.1) is 0 Å². The van der Waals surface area contributed by atoms with E-state index in [1.165, 1.54) is 0 Å². The largest absolute Gasteiger partial charge is 0.319 e. The van der Waals surface area contributed by atoms with Crippen LogP contribution in [0.2, 0.25) is 10.3 Å². The molecule has 0 radical (unpaired) electrons. The van der Waals surface area contributed by atoms with Crippen LogP contribution in [0.3, 0.4) is 0 Å². The molecular weight excluding hydrogens is 541 g/mol. The van der Waals surface area contributed by atoms with Gasteiger partial charge in [0.1, 0.15) is 0 Å². The standard InChI is InChI=1S/C17H11NO2.C16H8Cl2N2/c19-15-9-14-12-7-2-1-5-10(12)11-6-3-4-8-13(11)16(14)18-17(15)20;17-15-16(18)20-14-12-8-4-2-6-10(12)9-5-1-3-7-11(9)13(14)19-15/h1-8H,9H2,(H,18,20);1-8H. The van der Waals surface area contributed by atoms with Gasteiger partial charge in [-0.2, -0.15) is 0 Å². The van der Waals surface area contributed by atoms with Crippen LogP contribution in [0.4, 0.5) is 5.69 Å². The van der Waals surface area contributed by atoms with Crippen LogP contribution in [0.15, 0.2) is 97.1 Å². The summed E-state index contributed by atoms with van der Waals surface area (Å²) < 4.78 is 0. The number of anilines is 1. The lowest BCUT2D eigenvalue weighted by Gasteiger charge is -2.21. The number of Topliss-reactive ketones (excluding diaryl/α,β-unsaturated/α-hetero) is 1. The summed E-state index contributed by atoms with van der Waals surface area (Å²) in [5.41, 5.74) is 3.27. The Labute approximate surface area is 238 Å². The third-order valence-corrected chi connectivity index (χ3v) is 7.96. The van der Waals surface area contributed by atoms with Crippen LogP contribution in [-0.2, 0) is 16.0 Å². The molecule has 0 unspecified atom stereocenters. The molecule has 1 aliphatic heterocycles. The highest BCUT2D eigenvalue weighted by molar-refractivity contribution is 6.44. The second kappa shape index (κ2) is 9.56. The fourth-order valence-electron chi connectivity index (χ4n) is 5.58. The number of fused-ring (bicyclic) bond motifs is 12. The zero-order valence-electron chi connectivity index (χ0n) is 20.9. The summed E-state index contributed by atoms with van der Waals surface area (Å²) >= 11 is 12.1. The molecule has 6 aromatic carbocycles. The van der Waals surface area contributed by atoms with Crippen LogP contribution >= 0.6 is 23.2 Å². The van der Waals surface area contributed by atoms with E-state index in [1.807, 2.05) is 78.9 Å². The molecule has 8 rings (SSSR count). The van der Waals surface area contributed by atoms with Crippen molar-refractivity contribution < 1.29 is 9.59 Å². The van der Waals surface area contributed by atoms with Gasteiger partial charge in [0.25, 0.3) is 5.91 Å². The molecule has 0 bridgehead atoms. The molecule has 192 valence electrons. The maximum atomic E-state index is 11.7. The molecule has 0 saturated heterocycles. The highest BCUT2D eigenvalue weighted by Gasteiger charge is 2.26. The molecular formula is C33H19Cl2N3O2. The Morgan fingerprint density at radius 1 is 0.525 bits per heavy atom. The number of halogens is 2. The van der Waals surface area contributed by atoms with Crippen LogP contribution < -0.4 is 5.32 Å². The Bertz CT molecular complexity index is 2040. The number of carbonyl (C=O) groups excluding carboxylic acids is 2. The van der Waals surface area contributed by atoms with Crippen molar-refractivity contribution in [2.24, 2.45) is 0 Å². The Morgan fingerprint density at radius 2 is 0.900 bits per heavy atom. The van der Waals surface area contributed by atoms with Gasteiger partial charge in [-0.3, -0.25) is 9.59 Å². The highest BCUT2D eigenvalue weighted by atomic mass is 35.5. The quantitative estimate of drug-likeness (QED) is 0.150. The van der Waals surface area contributed by atoms with E-state index in [2.05, 4.69) is 33.5 Å². The maximum absolute atomic E-state index is 11.7. The number of carbonyl (C=O) groups is 2. The third-order valence-electron chi connectivity index (χ3n) is 7.34. The van der Waals surface area contributed by atoms with Crippen molar-refractivity contribution in [3.05, 3.63) is 113 Å². The van der Waals surface area contributed by atoms with Crippen molar-refractivity contribution in [1.82, 2.24) is 9.97 Å². The molecule has 1 N–H and O–H groups in total. The minimum atomic E-state index is -0.516. The summed E-state index contributed by atoms with van der Waals surface area (Å²) in [5.74, 6) is -0.893. The first-order valence-electron chi connectivity index (χ1n) is 12.7. The molecule has 0 aliphatic carbocycles. The van der Waals surface area contributed by atoms with Gasteiger partial charge in [-0.25, -0.2) is 9.97 Å². The predicted octanol–water partition coefficient (Wildman–Crippen LogP) is 8.30. The normalized spacial score (nSPS) is 12.9. The van der Waals surface area contributed by atoms with Crippen molar-refractivity contribution in [1.29, 1.82) is 0 Å².